The van der Waals surface area contributed by atoms with Gasteiger partial charge < -0.3 is 15.2 Å². The Bertz CT molecular complexity index is 524. The van der Waals surface area contributed by atoms with E-state index in [1.807, 2.05) is 24.3 Å². The second kappa shape index (κ2) is 5.85. The number of benzene rings is 1. The number of H-pyrrole nitrogens is 1. The highest BCUT2D eigenvalue weighted by Gasteiger charge is 2.17. The van der Waals surface area contributed by atoms with E-state index >= 15 is 0 Å². The van der Waals surface area contributed by atoms with Crippen LogP contribution in [0.1, 0.15) is 17.3 Å². The summed E-state index contributed by atoms with van der Waals surface area (Å²) in [5, 5.41) is 21.3. The molecule has 1 heterocycles. The summed E-state index contributed by atoms with van der Waals surface area (Å²) in [5.41, 5.74) is 1.53. The molecule has 2 aromatic rings. The van der Waals surface area contributed by atoms with Crippen molar-refractivity contribution in [2.75, 3.05) is 7.11 Å². The van der Waals surface area contributed by atoms with E-state index in [0.29, 0.717) is 12.1 Å². The normalized spacial score (nSPS) is 11.8. The summed E-state index contributed by atoms with van der Waals surface area (Å²) >= 11 is 0. The molecular weight excluding hydrogens is 248 g/mol. The van der Waals surface area contributed by atoms with Gasteiger partial charge in [-0.05, 0) is 24.1 Å². The summed E-state index contributed by atoms with van der Waals surface area (Å²) < 4.78 is 5.07. The van der Waals surface area contributed by atoms with Gasteiger partial charge in [0.25, 0.3) is 0 Å². The Balaban J connectivity index is 2.12. The molecule has 0 spiro atoms. The van der Waals surface area contributed by atoms with Crippen LogP contribution in [-0.4, -0.2) is 33.7 Å². The summed E-state index contributed by atoms with van der Waals surface area (Å²) in [5.74, 6) is 0.757. The number of hydrogen-bond donors (Lipinski definition) is 3. The molecule has 0 radical (unpaired) electrons. The molecule has 1 amide bonds. The third-order valence-corrected chi connectivity index (χ3v) is 2.69. The predicted molar refractivity (Wildman–Crippen MR) is 67.0 cm³/mol. The molecule has 0 bridgehead atoms. The fraction of sp³-hybridized carbons (Fsp3) is 0.250. The number of nitrogens with one attached hydrogen (secondary N) is 2. The van der Waals surface area contributed by atoms with Crippen molar-refractivity contribution in [3.05, 3.63) is 41.7 Å². The number of rotatable bonds is 5. The topological polar surface area (TPSA) is 100 Å². The predicted octanol–water partition coefficient (Wildman–Crippen LogP) is 1.36. The summed E-state index contributed by atoms with van der Waals surface area (Å²) in [6, 6.07) is 6.99. The highest BCUT2D eigenvalue weighted by molar-refractivity contribution is 5.65. The number of nitrogens with zero attached hydrogens (tertiary/aromatic N) is 2. The maximum atomic E-state index is 10.8. The Morgan fingerprint density at radius 1 is 1.47 bits per heavy atom. The quantitative estimate of drug-likeness (QED) is 0.755. The average Bonchev–Trinajstić information content (AvgIpc) is 2.92. The van der Waals surface area contributed by atoms with Gasteiger partial charge in [0.2, 0.25) is 0 Å². The van der Waals surface area contributed by atoms with Gasteiger partial charge in [0.05, 0.1) is 13.2 Å². The molecular formula is C12H14N4O3. The van der Waals surface area contributed by atoms with Gasteiger partial charge in [-0.3, -0.25) is 5.10 Å². The Hall–Kier alpha value is -2.57. The van der Waals surface area contributed by atoms with Gasteiger partial charge in [0.15, 0.2) is 0 Å². The van der Waals surface area contributed by atoms with Crippen molar-refractivity contribution < 1.29 is 14.6 Å². The number of aromatic nitrogens is 3. The van der Waals surface area contributed by atoms with Gasteiger partial charge in [0.1, 0.15) is 11.4 Å². The van der Waals surface area contributed by atoms with Gasteiger partial charge in [-0.1, -0.05) is 17.3 Å². The Morgan fingerprint density at radius 2 is 2.21 bits per heavy atom. The third kappa shape index (κ3) is 3.44. The largest absolute Gasteiger partial charge is 0.497 e. The van der Waals surface area contributed by atoms with Crippen LogP contribution < -0.4 is 10.1 Å². The number of amides is 1. The first-order valence-corrected chi connectivity index (χ1v) is 5.68. The number of methoxy groups -OCH3 is 1. The van der Waals surface area contributed by atoms with Crippen molar-refractivity contribution in [2.24, 2.45) is 0 Å². The van der Waals surface area contributed by atoms with E-state index in [4.69, 9.17) is 9.84 Å². The molecule has 19 heavy (non-hydrogen) atoms. The third-order valence-electron chi connectivity index (χ3n) is 2.69. The molecule has 0 saturated carbocycles. The minimum atomic E-state index is -1.10. The van der Waals surface area contributed by atoms with Gasteiger partial charge in [0, 0.05) is 6.20 Å². The number of carbonyl (C=O) groups is 1. The van der Waals surface area contributed by atoms with Crippen LogP contribution >= 0.6 is 0 Å². The molecule has 3 N–H and O–H groups in total. The van der Waals surface area contributed by atoms with Crippen molar-refractivity contribution in [3.63, 3.8) is 0 Å². The molecule has 0 aliphatic rings. The van der Waals surface area contributed by atoms with Crippen molar-refractivity contribution in [3.8, 4) is 5.75 Å². The van der Waals surface area contributed by atoms with Gasteiger partial charge in [-0.15, -0.1) is 5.10 Å². The Morgan fingerprint density at radius 3 is 2.74 bits per heavy atom. The van der Waals surface area contributed by atoms with E-state index in [1.54, 1.807) is 13.3 Å². The summed E-state index contributed by atoms with van der Waals surface area (Å²) in [7, 11) is 1.60. The summed E-state index contributed by atoms with van der Waals surface area (Å²) in [6.07, 6.45) is 0.967. The fourth-order valence-electron chi connectivity index (χ4n) is 1.76. The van der Waals surface area contributed by atoms with Crippen LogP contribution in [-0.2, 0) is 6.42 Å². The standard InChI is InChI=1S/C12H14N4O3/c1-19-9-4-2-8(3-5-9)6-10(14-12(17)18)11-7-13-16-15-11/h2-5,7,10,14H,6H2,1H3,(H,17,18)(H,13,15,16). The highest BCUT2D eigenvalue weighted by Crippen LogP contribution is 2.18. The number of aromatic amines is 1. The minimum absolute atomic E-state index is 0.440. The van der Waals surface area contributed by atoms with Crippen LogP contribution in [0.5, 0.6) is 5.75 Å². The lowest BCUT2D eigenvalue weighted by Gasteiger charge is -2.14. The first kappa shape index (κ1) is 12.9. The second-order valence-electron chi connectivity index (χ2n) is 3.95. The molecule has 100 valence electrons. The molecule has 1 aromatic heterocycles. The van der Waals surface area contributed by atoms with Gasteiger partial charge in [-0.2, -0.15) is 0 Å². The van der Waals surface area contributed by atoms with Crippen LogP contribution in [0.4, 0.5) is 4.79 Å². The first-order valence-electron chi connectivity index (χ1n) is 5.68. The zero-order valence-corrected chi connectivity index (χ0v) is 10.3. The molecule has 1 aromatic carbocycles. The molecule has 7 nitrogen and oxygen atoms in total. The van der Waals surface area contributed by atoms with Crippen molar-refractivity contribution >= 4 is 6.09 Å². The Kier molecular flexibility index (Phi) is 3.97. The minimum Gasteiger partial charge on any atom is -0.497 e. The molecule has 0 saturated heterocycles. The lowest BCUT2D eigenvalue weighted by molar-refractivity contribution is 0.189. The van der Waals surface area contributed by atoms with E-state index in [2.05, 4.69) is 20.7 Å². The van der Waals surface area contributed by atoms with E-state index in [0.717, 1.165) is 11.3 Å². The molecule has 0 aliphatic carbocycles. The number of ether oxygens (including phenoxy) is 1. The zero-order valence-electron chi connectivity index (χ0n) is 10.3. The lowest BCUT2D eigenvalue weighted by atomic mass is 10.0. The average molecular weight is 262 g/mol. The molecule has 7 heteroatoms. The van der Waals surface area contributed by atoms with Crippen LogP contribution in [0.15, 0.2) is 30.5 Å². The van der Waals surface area contributed by atoms with Crippen LogP contribution in [0.25, 0.3) is 0 Å². The van der Waals surface area contributed by atoms with E-state index in [1.165, 1.54) is 0 Å². The monoisotopic (exact) mass is 262 g/mol. The van der Waals surface area contributed by atoms with Crippen molar-refractivity contribution in [2.45, 2.75) is 12.5 Å². The summed E-state index contributed by atoms with van der Waals surface area (Å²) in [6.45, 7) is 0. The maximum absolute atomic E-state index is 10.8. The van der Waals surface area contributed by atoms with E-state index in [-0.39, 0.29) is 0 Å². The fourth-order valence-corrected chi connectivity index (χ4v) is 1.76. The molecule has 2 rings (SSSR count). The van der Waals surface area contributed by atoms with Crippen LogP contribution in [0, 0.1) is 0 Å². The molecule has 0 fully saturated rings. The SMILES string of the molecule is COc1ccc(CC(NC(=O)O)c2c[nH]nn2)cc1. The van der Waals surface area contributed by atoms with E-state index in [9.17, 15) is 4.79 Å². The first-order chi connectivity index (χ1) is 9.19. The molecule has 0 aliphatic heterocycles. The smallest absolute Gasteiger partial charge is 0.405 e. The van der Waals surface area contributed by atoms with E-state index < -0.39 is 12.1 Å². The molecule has 1 atom stereocenters. The lowest BCUT2D eigenvalue weighted by Crippen LogP contribution is -2.28. The summed E-state index contributed by atoms with van der Waals surface area (Å²) in [4.78, 5) is 10.8. The highest BCUT2D eigenvalue weighted by atomic mass is 16.5. The second-order valence-corrected chi connectivity index (χ2v) is 3.95. The zero-order chi connectivity index (χ0) is 13.7. The van der Waals surface area contributed by atoms with Crippen molar-refractivity contribution in [1.82, 2.24) is 20.7 Å². The van der Waals surface area contributed by atoms with Crippen LogP contribution in [0.2, 0.25) is 0 Å². The Labute approximate surface area is 109 Å². The molecule has 1 unspecified atom stereocenters. The maximum Gasteiger partial charge on any atom is 0.405 e. The van der Waals surface area contributed by atoms with Crippen molar-refractivity contribution in [1.29, 1.82) is 0 Å². The van der Waals surface area contributed by atoms with Gasteiger partial charge in [-0.25, -0.2) is 4.79 Å². The number of hydrogen-bond acceptors (Lipinski definition) is 4. The number of carboxylic acid groups (broad SMARTS) is 1. The van der Waals surface area contributed by atoms with Gasteiger partial charge >= 0.3 is 6.09 Å². The van der Waals surface area contributed by atoms with Crippen LogP contribution in [0.3, 0.4) is 0 Å².